The summed E-state index contributed by atoms with van der Waals surface area (Å²) in [6.45, 7) is 13.7. The first kappa shape index (κ1) is 51.9. The van der Waals surface area contributed by atoms with E-state index in [0.717, 1.165) is 22.4 Å². The Labute approximate surface area is 393 Å². The molecule has 1 N–H and O–H groups in total. The monoisotopic (exact) mass is 936 g/mol. The molecule has 17 heteroatoms. The Bertz CT molecular complexity index is 2160. The molecular weight excluding hydrogens is 866 g/mol. The number of ketones is 2. The van der Waals surface area contributed by atoms with Crippen molar-refractivity contribution >= 4 is 23.5 Å². The number of hydrogen-bond donors (Lipinski definition) is 1. The van der Waals surface area contributed by atoms with Crippen molar-refractivity contribution in [1.29, 1.82) is 0 Å². The molecule has 16 nitrogen and oxygen atoms in total. The second-order valence-corrected chi connectivity index (χ2v) is 19.2. The number of pyridine rings is 1. The summed E-state index contributed by atoms with van der Waals surface area (Å²) in [5, 5.41) is 20.7. The zero-order valence-electron chi connectivity index (χ0n) is 40.8. The molecule has 3 aliphatic heterocycles. The molecular formula is C50H70FN5O11. The van der Waals surface area contributed by atoms with Gasteiger partial charge in [-0.15, -0.1) is 5.10 Å². The van der Waals surface area contributed by atoms with Crippen molar-refractivity contribution in [2.24, 2.45) is 29.6 Å². The Kier molecular flexibility index (Phi) is 17.2. The average Bonchev–Trinajstić information content (AvgIpc) is 3.96. The number of fused-ring (bicyclic) bond motifs is 1. The number of Topliss-reactive ketones (excluding diaryl/α,β-unsaturated/α-hetero) is 2. The van der Waals surface area contributed by atoms with Crippen LogP contribution in [0.25, 0.3) is 11.1 Å². The topological polar surface area (TPSA) is 191 Å². The molecule has 0 aliphatic carbocycles. The highest BCUT2D eigenvalue weighted by molar-refractivity contribution is 6.00. The minimum atomic E-state index is -1.30. The normalized spacial score (nSPS) is 33.2. The largest absolute Gasteiger partial charge is 0.458 e. The first-order chi connectivity index (χ1) is 31.8. The van der Waals surface area contributed by atoms with Gasteiger partial charge in [0.1, 0.15) is 48.8 Å². The van der Waals surface area contributed by atoms with Crippen molar-refractivity contribution in [2.45, 2.75) is 148 Å². The molecule has 67 heavy (non-hydrogen) atoms. The van der Waals surface area contributed by atoms with Gasteiger partial charge in [-0.05, 0) is 71.2 Å². The van der Waals surface area contributed by atoms with Gasteiger partial charge >= 0.3 is 11.9 Å². The summed E-state index contributed by atoms with van der Waals surface area (Å²) in [7, 11) is 4.89. The lowest BCUT2D eigenvalue weighted by Crippen LogP contribution is -2.59. The van der Waals surface area contributed by atoms with Crippen LogP contribution in [0.15, 0.2) is 48.8 Å². The summed E-state index contributed by atoms with van der Waals surface area (Å²) in [5.41, 5.74) is 2.98. The maximum absolute atomic E-state index is 14.8. The van der Waals surface area contributed by atoms with Gasteiger partial charge < -0.3 is 38.4 Å². The Hall–Kier alpha value is -4.52. The molecule has 0 spiro atoms. The lowest BCUT2D eigenvalue weighted by atomic mass is 9.74. The van der Waals surface area contributed by atoms with Crippen LogP contribution in [-0.4, -0.2) is 136 Å². The molecule has 0 radical (unpaired) electrons. The van der Waals surface area contributed by atoms with Gasteiger partial charge in [-0.25, -0.2) is 9.07 Å². The Morgan fingerprint density at radius 2 is 1.69 bits per heavy atom. The Morgan fingerprint density at radius 1 is 0.985 bits per heavy atom. The number of halogens is 1. The van der Waals surface area contributed by atoms with E-state index < -0.39 is 108 Å². The van der Waals surface area contributed by atoms with Crippen LogP contribution in [-0.2, 0) is 54.0 Å². The van der Waals surface area contributed by atoms with E-state index in [2.05, 4.69) is 15.3 Å². The predicted molar refractivity (Wildman–Crippen MR) is 244 cm³/mol. The van der Waals surface area contributed by atoms with Gasteiger partial charge in [0, 0.05) is 80.5 Å². The molecule has 3 saturated heterocycles. The number of aliphatic hydroxyl groups is 1. The molecule has 3 aliphatic rings. The number of methoxy groups -OCH3 is 2. The third-order valence-corrected chi connectivity index (χ3v) is 14.5. The summed E-state index contributed by atoms with van der Waals surface area (Å²) in [4.78, 5) is 61.1. The number of ether oxygens (including phenoxy) is 6. The smallest absolute Gasteiger partial charge is 0.316 e. The maximum Gasteiger partial charge on any atom is 0.316 e. The van der Waals surface area contributed by atoms with Gasteiger partial charge in [-0.2, -0.15) is 0 Å². The van der Waals surface area contributed by atoms with E-state index in [0.29, 0.717) is 31.5 Å². The number of carbonyl (C=O) groups excluding carboxylic acids is 4. The number of aliphatic hydroxyl groups excluding tert-OH is 1. The predicted octanol–water partition coefficient (Wildman–Crippen LogP) is 6.02. The highest BCUT2D eigenvalue weighted by atomic mass is 19.1. The minimum Gasteiger partial charge on any atom is -0.458 e. The number of benzene rings is 1. The zero-order chi connectivity index (χ0) is 48.9. The summed E-state index contributed by atoms with van der Waals surface area (Å²) >= 11 is 0. The fourth-order valence-electron chi connectivity index (χ4n) is 10.3. The maximum atomic E-state index is 14.8. The van der Waals surface area contributed by atoms with Gasteiger partial charge in [0.05, 0.1) is 29.9 Å². The molecule has 0 amide bonds. The molecule has 6 rings (SSSR count). The van der Waals surface area contributed by atoms with Crippen molar-refractivity contribution in [3.8, 4) is 11.1 Å². The van der Waals surface area contributed by atoms with Crippen molar-refractivity contribution in [3.63, 3.8) is 0 Å². The molecule has 2 aromatic heterocycles. The number of carbonyl (C=O) groups is 4. The van der Waals surface area contributed by atoms with E-state index in [1.807, 2.05) is 68.4 Å². The fraction of sp³-hybridized carbons (Fsp3) is 0.660. The number of aromatic nitrogens is 4. The van der Waals surface area contributed by atoms with E-state index in [9.17, 15) is 28.7 Å². The average molecular weight is 936 g/mol. The SMILES string of the molecule is CC[C@H]1OC(=O)[C@H](C)C(=O)[C@H](C)[C@@H](O[C@@H]2O[C@H](C)C[C@H](N(C)CCc3cn([C@H](CF)[C@H](OC)c4ccc(-c5ccc(C)nc5)cc4)nn3)[C@H]2O)[C@](C)(OC)C[C@@H](C)C(=O)[C@H](C)[C@H]2CC(=O)O[C@@H]21. The summed E-state index contributed by atoms with van der Waals surface area (Å²) < 4.78 is 52.8. The number of likely N-dealkylation sites (N-methyl/N-ethyl adjacent to an activating group) is 1. The standard InChI is InChI=1S/C50H70FN5O11/c1-12-40-46-37(22-41(57)66-46)30(5)42(58)27(2)23-50(8,63-11)47(31(6)43(59)32(7)48(61)65-40)67-49-44(60)38(21-29(4)64-49)55(9)20-19-36-26-56(54-53-36)39(24-51)45(62-10)34-17-15-33(16-18-34)35-14-13-28(3)52-25-35/h13-18,25-27,29-32,37-40,44-47,49,60H,12,19-24H2,1-11H3/t27-,29-,30-,31+,32-,37-,38+,39-,40-,44-,45-,46+,47-,49+,50-/m1/s1. The molecule has 3 fully saturated rings. The van der Waals surface area contributed by atoms with Gasteiger partial charge in [0.15, 0.2) is 12.1 Å². The highest BCUT2D eigenvalue weighted by Crippen LogP contribution is 2.40. The van der Waals surface area contributed by atoms with Crippen molar-refractivity contribution < 1.29 is 57.1 Å². The van der Waals surface area contributed by atoms with Crippen molar-refractivity contribution in [1.82, 2.24) is 24.9 Å². The Morgan fingerprint density at radius 3 is 2.31 bits per heavy atom. The highest BCUT2D eigenvalue weighted by Gasteiger charge is 2.52. The number of cyclic esters (lactones) is 1. The number of aryl methyl sites for hydroxylation is 1. The van der Waals surface area contributed by atoms with Crippen LogP contribution < -0.4 is 0 Å². The summed E-state index contributed by atoms with van der Waals surface area (Å²) in [6, 6.07) is 10.5. The summed E-state index contributed by atoms with van der Waals surface area (Å²) in [6.07, 6.45) is -1.41. The molecule has 15 atom stereocenters. The summed E-state index contributed by atoms with van der Waals surface area (Å²) in [5.74, 6) is -5.87. The third-order valence-electron chi connectivity index (χ3n) is 14.5. The van der Waals surface area contributed by atoms with Crippen LogP contribution in [0.1, 0.15) is 103 Å². The lowest BCUT2D eigenvalue weighted by molar-refractivity contribution is -0.296. The first-order valence-electron chi connectivity index (χ1n) is 23.6. The number of alkyl halides is 1. The molecule has 3 aromatic rings. The molecule has 0 unspecified atom stereocenters. The van der Waals surface area contributed by atoms with E-state index in [1.165, 1.54) is 18.7 Å². The van der Waals surface area contributed by atoms with Crippen LogP contribution in [0.4, 0.5) is 4.39 Å². The molecule has 0 bridgehead atoms. The van der Waals surface area contributed by atoms with Gasteiger partial charge in [0.25, 0.3) is 0 Å². The van der Waals surface area contributed by atoms with E-state index in [4.69, 9.17) is 28.4 Å². The van der Waals surface area contributed by atoms with E-state index in [1.54, 1.807) is 47.9 Å². The van der Waals surface area contributed by atoms with Crippen molar-refractivity contribution in [3.05, 3.63) is 65.7 Å². The molecule has 0 saturated carbocycles. The first-order valence-corrected chi connectivity index (χ1v) is 23.6. The van der Waals surface area contributed by atoms with Crippen LogP contribution in [0.3, 0.4) is 0 Å². The van der Waals surface area contributed by atoms with Gasteiger partial charge in [-0.3, -0.25) is 24.2 Å². The van der Waals surface area contributed by atoms with Crippen molar-refractivity contribution in [2.75, 3.05) is 34.5 Å². The zero-order valence-corrected chi connectivity index (χ0v) is 40.8. The van der Waals surface area contributed by atoms with E-state index >= 15 is 0 Å². The fourth-order valence-corrected chi connectivity index (χ4v) is 10.3. The third kappa shape index (κ3) is 11.5. The lowest BCUT2D eigenvalue weighted by Gasteiger charge is -2.47. The number of esters is 2. The molecule has 1 aromatic carbocycles. The number of nitrogens with zero attached hydrogens (tertiary/aromatic N) is 5. The quantitative estimate of drug-likeness (QED) is 0.146. The number of rotatable bonds is 14. The second kappa shape index (κ2) is 22.3. The second-order valence-electron chi connectivity index (χ2n) is 19.2. The Balaban J connectivity index is 1.17. The number of hydrogen-bond acceptors (Lipinski definition) is 15. The van der Waals surface area contributed by atoms with Gasteiger partial charge in [-0.1, -0.05) is 63.2 Å². The van der Waals surface area contributed by atoms with Crippen LogP contribution in [0.5, 0.6) is 0 Å². The molecule has 5 heterocycles. The molecule has 368 valence electrons. The van der Waals surface area contributed by atoms with Gasteiger partial charge in [0.2, 0.25) is 0 Å². The van der Waals surface area contributed by atoms with E-state index in [-0.39, 0.29) is 24.7 Å². The van der Waals surface area contributed by atoms with Crippen LogP contribution >= 0.6 is 0 Å². The van der Waals surface area contributed by atoms with Crippen LogP contribution in [0.2, 0.25) is 0 Å². The minimum absolute atomic E-state index is 0.000407. The van der Waals surface area contributed by atoms with Crippen LogP contribution in [0, 0.1) is 36.5 Å².